The summed E-state index contributed by atoms with van der Waals surface area (Å²) >= 11 is 0. The summed E-state index contributed by atoms with van der Waals surface area (Å²) in [6.45, 7) is 0. The van der Waals surface area contributed by atoms with Crippen molar-refractivity contribution in [3.63, 3.8) is 0 Å². The summed E-state index contributed by atoms with van der Waals surface area (Å²) in [5.41, 5.74) is -0.370. The molecule has 0 radical (unpaired) electrons. The summed E-state index contributed by atoms with van der Waals surface area (Å²) < 4.78 is 0. The van der Waals surface area contributed by atoms with Gasteiger partial charge in [-0.25, -0.2) is 0 Å². The molecular weight excluding hydrogens is 296 g/mol. The minimum absolute atomic E-state index is 0. The number of benzene rings is 1. The van der Waals surface area contributed by atoms with Gasteiger partial charge >= 0.3 is 21.7 Å². The van der Waals surface area contributed by atoms with Crippen LogP contribution in [0, 0.1) is 5.41 Å². The SMILES string of the molecule is O=C([O-])C1(C(=O)[O-])C=CC(c2ccccc2)=CC1.[O-2].[Ti+4]. The molecule has 0 fully saturated rings. The molecule has 0 heterocycles. The van der Waals surface area contributed by atoms with Crippen LogP contribution >= 0.6 is 0 Å². The van der Waals surface area contributed by atoms with Crippen LogP contribution in [0.25, 0.3) is 5.57 Å². The van der Waals surface area contributed by atoms with E-state index in [0.717, 1.165) is 17.2 Å². The van der Waals surface area contributed by atoms with Gasteiger partial charge in [0.15, 0.2) is 0 Å². The van der Waals surface area contributed by atoms with E-state index < -0.39 is 17.4 Å². The largest absolute Gasteiger partial charge is 4.00 e. The number of carboxylic acid groups (broad SMARTS) is 2. The monoisotopic (exact) mass is 306 g/mol. The molecule has 100 valence electrons. The topological polar surface area (TPSA) is 109 Å². The first-order chi connectivity index (χ1) is 8.56. The number of carboxylic acids is 2. The maximum atomic E-state index is 10.9. The number of aliphatic carboxylic acids is 2. The minimum Gasteiger partial charge on any atom is -2.00 e. The van der Waals surface area contributed by atoms with E-state index in [1.165, 1.54) is 6.08 Å². The van der Waals surface area contributed by atoms with Crippen LogP contribution in [0.15, 0.2) is 48.6 Å². The van der Waals surface area contributed by atoms with Crippen LogP contribution in [-0.4, -0.2) is 11.9 Å². The Hall–Kier alpha value is -1.69. The van der Waals surface area contributed by atoms with Gasteiger partial charge in [0.2, 0.25) is 0 Å². The van der Waals surface area contributed by atoms with Crippen LogP contribution in [0.4, 0.5) is 0 Å². The van der Waals surface area contributed by atoms with E-state index in [4.69, 9.17) is 0 Å². The molecule has 0 atom stereocenters. The van der Waals surface area contributed by atoms with Crippen LogP contribution in [0.3, 0.4) is 0 Å². The first-order valence-electron chi connectivity index (χ1n) is 5.44. The third kappa shape index (κ3) is 3.25. The van der Waals surface area contributed by atoms with Crippen molar-refractivity contribution in [2.45, 2.75) is 6.42 Å². The molecule has 0 bridgehead atoms. The maximum absolute atomic E-state index is 10.9. The van der Waals surface area contributed by atoms with Crippen LogP contribution in [-0.2, 0) is 36.8 Å². The second kappa shape index (κ2) is 7.19. The number of carbonyl (C=O) groups excluding carboxylic acids is 2. The molecule has 0 saturated carbocycles. The van der Waals surface area contributed by atoms with Gasteiger partial charge in [-0.2, -0.15) is 0 Å². The van der Waals surface area contributed by atoms with Crippen molar-refractivity contribution in [2.75, 3.05) is 0 Å². The average molecular weight is 306 g/mol. The van der Waals surface area contributed by atoms with Gasteiger partial charge in [0.1, 0.15) is 0 Å². The molecule has 0 aromatic heterocycles. The first kappa shape index (κ1) is 18.3. The Kier molecular flexibility index (Phi) is 6.59. The summed E-state index contributed by atoms with van der Waals surface area (Å²) in [7, 11) is 0. The molecule has 6 heteroatoms. The van der Waals surface area contributed by atoms with E-state index in [9.17, 15) is 19.8 Å². The minimum atomic E-state index is -2.06. The second-order valence-electron chi connectivity index (χ2n) is 4.11. The molecule has 1 aromatic rings. The third-order valence-corrected chi connectivity index (χ3v) is 3.03. The van der Waals surface area contributed by atoms with Gasteiger partial charge in [-0.3, -0.25) is 0 Å². The molecule has 0 aliphatic heterocycles. The zero-order valence-corrected chi connectivity index (χ0v) is 11.9. The van der Waals surface area contributed by atoms with Crippen molar-refractivity contribution in [1.82, 2.24) is 0 Å². The van der Waals surface area contributed by atoms with Gasteiger partial charge in [0, 0.05) is 0 Å². The fraction of sp³-hybridized carbons (Fsp3) is 0.143. The van der Waals surface area contributed by atoms with E-state index in [1.54, 1.807) is 6.08 Å². The predicted molar refractivity (Wildman–Crippen MR) is 61.3 cm³/mol. The normalized spacial score (nSPS) is 15.3. The van der Waals surface area contributed by atoms with Gasteiger partial charge in [-0.15, -0.1) is 0 Å². The molecule has 1 aliphatic rings. The van der Waals surface area contributed by atoms with E-state index in [0.29, 0.717) is 0 Å². The zero-order valence-electron chi connectivity index (χ0n) is 10.4. The van der Waals surface area contributed by atoms with Crippen molar-refractivity contribution in [1.29, 1.82) is 0 Å². The predicted octanol–water partition coefficient (Wildman–Crippen LogP) is -0.605. The van der Waals surface area contributed by atoms with Gasteiger partial charge in [0.25, 0.3) is 0 Å². The molecular formula is C14H10O5Ti. The van der Waals surface area contributed by atoms with Gasteiger partial charge < -0.3 is 25.3 Å². The Bertz CT molecular complexity index is 534. The second-order valence-corrected chi connectivity index (χ2v) is 4.11. The van der Waals surface area contributed by atoms with E-state index in [2.05, 4.69) is 0 Å². The first-order valence-corrected chi connectivity index (χ1v) is 5.44. The maximum Gasteiger partial charge on any atom is 4.00 e. The number of hydrogen-bond acceptors (Lipinski definition) is 4. The van der Waals surface area contributed by atoms with Crippen LogP contribution < -0.4 is 10.2 Å². The molecule has 1 aliphatic carbocycles. The molecule has 0 saturated heterocycles. The van der Waals surface area contributed by atoms with Crippen molar-refractivity contribution < 1.29 is 47.0 Å². The average Bonchev–Trinajstić information content (AvgIpc) is 2.39. The summed E-state index contributed by atoms with van der Waals surface area (Å²) in [6, 6.07) is 9.29. The number of carbonyl (C=O) groups is 2. The van der Waals surface area contributed by atoms with Crippen molar-refractivity contribution in [3.8, 4) is 0 Å². The van der Waals surface area contributed by atoms with E-state index in [-0.39, 0.29) is 33.6 Å². The zero-order chi connectivity index (χ0) is 13.2. The molecule has 0 amide bonds. The number of allylic oxidation sites excluding steroid dienone is 3. The number of rotatable bonds is 3. The Labute approximate surface area is 130 Å². The Morgan fingerprint density at radius 3 is 2.00 bits per heavy atom. The summed E-state index contributed by atoms with van der Waals surface area (Å²) in [5, 5.41) is 21.9. The van der Waals surface area contributed by atoms with Crippen LogP contribution in [0.2, 0.25) is 0 Å². The third-order valence-electron chi connectivity index (χ3n) is 3.03. The molecule has 0 unspecified atom stereocenters. The Morgan fingerprint density at radius 1 is 1.05 bits per heavy atom. The number of hydrogen-bond donors (Lipinski definition) is 0. The molecule has 1 aromatic carbocycles. The van der Waals surface area contributed by atoms with Crippen LogP contribution in [0.5, 0.6) is 0 Å². The summed E-state index contributed by atoms with van der Waals surface area (Å²) in [6.07, 6.45) is 4.00. The molecule has 2 rings (SSSR count). The van der Waals surface area contributed by atoms with Crippen LogP contribution in [0.1, 0.15) is 12.0 Å². The molecule has 0 N–H and O–H groups in total. The smallest absolute Gasteiger partial charge is 2.00 e. The fourth-order valence-electron chi connectivity index (χ4n) is 1.87. The Morgan fingerprint density at radius 2 is 1.60 bits per heavy atom. The van der Waals surface area contributed by atoms with Crippen molar-refractivity contribution in [3.05, 3.63) is 54.1 Å². The summed E-state index contributed by atoms with van der Waals surface area (Å²) in [5.74, 6) is -3.30. The standard InChI is InChI=1S/C14H12O4.O.Ti/c15-12(16)14(13(17)18)8-6-11(7-9-14)10-4-2-1-3-5-10;;/h1-8H,9H2,(H,15,16)(H,17,18);;/q;-2;+4/p-2. The van der Waals surface area contributed by atoms with Crippen molar-refractivity contribution in [2.24, 2.45) is 5.41 Å². The quantitative estimate of drug-likeness (QED) is 0.548. The molecule has 5 nitrogen and oxygen atoms in total. The van der Waals surface area contributed by atoms with Gasteiger partial charge in [0.05, 0.1) is 17.4 Å². The van der Waals surface area contributed by atoms with Gasteiger partial charge in [-0.05, 0) is 17.6 Å². The Balaban J connectivity index is 0.00000180. The van der Waals surface area contributed by atoms with E-state index in [1.807, 2.05) is 30.3 Å². The van der Waals surface area contributed by atoms with Crippen molar-refractivity contribution >= 4 is 17.5 Å². The van der Waals surface area contributed by atoms with Gasteiger partial charge in [-0.1, -0.05) is 48.6 Å². The van der Waals surface area contributed by atoms with E-state index >= 15 is 0 Å². The fourth-order valence-corrected chi connectivity index (χ4v) is 1.87. The summed E-state index contributed by atoms with van der Waals surface area (Å²) in [4.78, 5) is 21.9. The molecule has 0 spiro atoms. The molecule has 20 heavy (non-hydrogen) atoms.